The van der Waals surface area contributed by atoms with Crippen molar-refractivity contribution in [2.75, 3.05) is 6.54 Å². The number of thioether (sulfide) groups is 1. The molecule has 1 aromatic heterocycles. The van der Waals surface area contributed by atoms with Crippen molar-refractivity contribution >= 4 is 17.7 Å². The largest absolute Gasteiger partial charge is 0.405 e. The summed E-state index contributed by atoms with van der Waals surface area (Å²) in [7, 11) is 0. The van der Waals surface area contributed by atoms with E-state index in [-0.39, 0.29) is 0 Å². The minimum Gasteiger partial charge on any atom is -0.346 e. The standard InChI is InChI=1S/C13H14F3N5OS/c1-9(12(22)17-8-13(14,15)16)23-7-11-18-19-20-21(11)10-5-3-2-4-6-10/h2-6,9H,7-8H2,1H3,(H,17,22)/t9-/m0/s1. The van der Waals surface area contributed by atoms with Crippen molar-refractivity contribution in [1.29, 1.82) is 0 Å². The topological polar surface area (TPSA) is 72.7 Å². The molecule has 0 radical (unpaired) electrons. The van der Waals surface area contributed by atoms with E-state index in [9.17, 15) is 18.0 Å². The first-order chi connectivity index (χ1) is 10.9. The molecular weight excluding hydrogens is 331 g/mol. The smallest absolute Gasteiger partial charge is 0.346 e. The maximum absolute atomic E-state index is 12.1. The summed E-state index contributed by atoms with van der Waals surface area (Å²) >= 11 is 1.16. The number of para-hydroxylation sites is 1. The van der Waals surface area contributed by atoms with Gasteiger partial charge in [-0.3, -0.25) is 4.79 Å². The van der Waals surface area contributed by atoms with Crippen LogP contribution in [0.25, 0.3) is 5.69 Å². The molecule has 0 saturated carbocycles. The molecule has 1 N–H and O–H groups in total. The van der Waals surface area contributed by atoms with E-state index in [1.54, 1.807) is 0 Å². The van der Waals surface area contributed by atoms with Gasteiger partial charge in [0.1, 0.15) is 6.54 Å². The zero-order valence-corrected chi connectivity index (χ0v) is 12.9. The van der Waals surface area contributed by atoms with Gasteiger partial charge >= 0.3 is 6.18 Å². The normalized spacial score (nSPS) is 12.9. The number of amides is 1. The number of rotatable bonds is 6. The Bertz CT molecular complexity index is 647. The van der Waals surface area contributed by atoms with Crippen molar-refractivity contribution in [2.45, 2.75) is 24.1 Å². The highest BCUT2D eigenvalue weighted by Gasteiger charge is 2.28. The molecule has 1 atom stereocenters. The minimum atomic E-state index is -4.42. The first-order valence-electron chi connectivity index (χ1n) is 6.65. The molecule has 1 amide bonds. The van der Waals surface area contributed by atoms with E-state index in [4.69, 9.17) is 0 Å². The van der Waals surface area contributed by atoms with Gasteiger partial charge in [-0.25, -0.2) is 0 Å². The monoisotopic (exact) mass is 345 g/mol. The number of carbonyl (C=O) groups excluding carboxylic acids is 1. The molecule has 0 saturated heterocycles. The maximum atomic E-state index is 12.1. The fourth-order valence-corrected chi connectivity index (χ4v) is 2.49. The number of tetrazole rings is 1. The van der Waals surface area contributed by atoms with Gasteiger partial charge in [-0.05, 0) is 29.5 Å². The van der Waals surface area contributed by atoms with Crippen LogP contribution in [-0.2, 0) is 10.5 Å². The number of carbonyl (C=O) groups is 1. The van der Waals surface area contributed by atoms with Crippen LogP contribution in [0.4, 0.5) is 13.2 Å². The van der Waals surface area contributed by atoms with Crippen LogP contribution in [0, 0.1) is 0 Å². The molecule has 0 bridgehead atoms. The second kappa shape index (κ2) is 7.44. The average molecular weight is 345 g/mol. The van der Waals surface area contributed by atoms with Crippen molar-refractivity contribution in [3.63, 3.8) is 0 Å². The van der Waals surface area contributed by atoms with E-state index < -0.39 is 23.9 Å². The summed E-state index contributed by atoms with van der Waals surface area (Å²) in [6.07, 6.45) is -4.42. The van der Waals surface area contributed by atoms with E-state index in [1.807, 2.05) is 35.6 Å². The Balaban J connectivity index is 1.92. The molecule has 0 unspecified atom stereocenters. The number of benzene rings is 1. The Labute approximate surface area is 134 Å². The van der Waals surface area contributed by atoms with E-state index >= 15 is 0 Å². The summed E-state index contributed by atoms with van der Waals surface area (Å²) < 4.78 is 37.8. The molecule has 0 fully saturated rings. The lowest BCUT2D eigenvalue weighted by Gasteiger charge is -2.13. The second-order valence-electron chi connectivity index (χ2n) is 4.63. The Morgan fingerprint density at radius 2 is 2.04 bits per heavy atom. The molecule has 0 aliphatic rings. The Hall–Kier alpha value is -2.10. The molecule has 124 valence electrons. The zero-order chi connectivity index (χ0) is 16.9. The van der Waals surface area contributed by atoms with Crippen LogP contribution in [0.15, 0.2) is 30.3 Å². The summed E-state index contributed by atoms with van der Waals surface area (Å²) in [6.45, 7) is 0.200. The van der Waals surface area contributed by atoms with Gasteiger partial charge in [0.25, 0.3) is 0 Å². The molecule has 2 aromatic rings. The van der Waals surface area contributed by atoms with Crippen molar-refractivity contribution < 1.29 is 18.0 Å². The summed E-state index contributed by atoms with van der Waals surface area (Å²) in [5.41, 5.74) is 0.766. The van der Waals surface area contributed by atoms with Crippen LogP contribution in [0.1, 0.15) is 12.7 Å². The lowest BCUT2D eigenvalue weighted by Crippen LogP contribution is -2.38. The fourth-order valence-electron chi connectivity index (χ4n) is 1.67. The minimum absolute atomic E-state index is 0.294. The highest BCUT2D eigenvalue weighted by Crippen LogP contribution is 2.19. The SMILES string of the molecule is C[C@H](SCc1nnnn1-c1ccccc1)C(=O)NCC(F)(F)F. The number of hydrogen-bond donors (Lipinski definition) is 1. The Morgan fingerprint density at radius 1 is 1.35 bits per heavy atom. The first-order valence-corrected chi connectivity index (χ1v) is 7.70. The highest BCUT2D eigenvalue weighted by molar-refractivity contribution is 7.99. The summed E-state index contributed by atoms with van der Waals surface area (Å²) in [5.74, 6) is 0.130. The van der Waals surface area contributed by atoms with Crippen LogP contribution in [0.3, 0.4) is 0 Å². The van der Waals surface area contributed by atoms with Gasteiger partial charge < -0.3 is 5.32 Å². The van der Waals surface area contributed by atoms with Gasteiger partial charge in [0.15, 0.2) is 5.82 Å². The lowest BCUT2D eigenvalue weighted by molar-refractivity contribution is -0.137. The number of nitrogens with zero attached hydrogens (tertiary/aromatic N) is 4. The number of aromatic nitrogens is 4. The number of nitrogens with one attached hydrogen (secondary N) is 1. The predicted octanol–water partition coefficient (Wildman–Crippen LogP) is 1.96. The van der Waals surface area contributed by atoms with Crippen LogP contribution in [0.2, 0.25) is 0 Å². The molecule has 23 heavy (non-hydrogen) atoms. The molecule has 1 heterocycles. The quantitative estimate of drug-likeness (QED) is 0.866. The van der Waals surface area contributed by atoms with Crippen LogP contribution in [-0.4, -0.2) is 44.1 Å². The van der Waals surface area contributed by atoms with E-state index in [0.717, 1.165) is 17.4 Å². The van der Waals surface area contributed by atoms with Crippen LogP contribution < -0.4 is 5.32 Å². The summed E-state index contributed by atoms with van der Waals surface area (Å²) in [4.78, 5) is 11.6. The van der Waals surface area contributed by atoms with Gasteiger partial charge in [0.2, 0.25) is 5.91 Å². The molecule has 0 aliphatic carbocycles. The third-order valence-corrected chi connectivity index (χ3v) is 3.97. The molecular formula is C13H14F3N5OS. The maximum Gasteiger partial charge on any atom is 0.405 e. The van der Waals surface area contributed by atoms with Gasteiger partial charge in [0.05, 0.1) is 16.7 Å². The number of hydrogen-bond acceptors (Lipinski definition) is 5. The summed E-state index contributed by atoms with van der Waals surface area (Å²) in [5, 5.41) is 12.5. The predicted molar refractivity (Wildman–Crippen MR) is 79.0 cm³/mol. The van der Waals surface area contributed by atoms with Gasteiger partial charge in [-0.2, -0.15) is 17.9 Å². The Kier molecular flexibility index (Phi) is 5.59. The van der Waals surface area contributed by atoms with Crippen molar-refractivity contribution in [3.8, 4) is 5.69 Å². The van der Waals surface area contributed by atoms with Crippen molar-refractivity contribution in [1.82, 2.24) is 25.5 Å². The fraction of sp³-hybridized carbons (Fsp3) is 0.385. The zero-order valence-electron chi connectivity index (χ0n) is 12.1. The van der Waals surface area contributed by atoms with Crippen LogP contribution >= 0.6 is 11.8 Å². The van der Waals surface area contributed by atoms with Gasteiger partial charge in [-0.1, -0.05) is 18.2 Å². The lowest BCUT2D eigenvalue weighted by atomic mass is 10.3. The second-order valence-corrected chi connectivity index (χ2v) is 5.96. The van der Waals surface area contributed by atoms with E-state index in [1.165, 1.54) is 11.6 Å². The molecule has 6 nitrogen and oxygen atoms in total. The third-order valence-electron chi connectivity index (χ3n) is 2.83. The van der Waals surface area contributed by atoms with E-state index in [2.05, 4.69) is 15.5 Å². The third kappa shape index (κ3) is 5.23. The van der Waals surface area contributed by atoms with Gasteiger partial charge in [0, 0.05) is 0 Å². The average Bonchev–Trinajstić information content (AvgIpc) is 2.99. The van der Waals surface area contributed by atoms with Gasteiger partial charge in [-0.15, -0.1) is 16.9 Å². The first kappa shape index (κ1) is 17.3. The van der Waals surface area contributed by atoms with E-state index in [0.29, 0.717) is 11.6 Å². The number of alkyl halides is 3. The van der Waals surface area contributed by atoms with Crippen molar-refractivity contribution in [3.05, 3.63) is 36.2 Å². The highest BCUT2D eigenvalue weighted by atomic mass is 32.2. The van der Waals surface area contributed by atoms with Crippen LogP contribution in [0.5, 0.6) is 0 Å². The van der Waals surface area contributed by atoms with Crippen molar-refractivity contribution in [2.24, 2.45) is 0 Å². The Morgan fingerprint density at radius 3 is 2.70 bits per heavy atom. The molecule has 10 heteroatoms. The molecule has 0 aliphatic heterocycles. The molecule has 2 rings (SSSR count). The molecule has 0 spiro atoms. The summed E-state index contributed by atoms with van der Waals surface area (Å²) in [6, 6.07) is 9.17. The number of halogens is 3. The molecule has 1 aromatic carbocycles.